The van der Waals surface area contributed by atoms with Crippen molar-refractivity contribution in [2.75, 3.05) is 18.8 Å². The van der Waals surface area contributed by atoms with E-state index in [0.29, 0.717) is 6.42 Å². The monoisotopic (exact) mass is 255 g/mol. The summed E-state index contributed by atoms with van der Waals surface area (Å²) in [5.74, 6) is 0.417. The molecule has 0 aromatic heterocycles. The van der Waals surface area contributed by atoms with Crippen LogP contribution in [0.4, 0.5) is 0 Å². The minimum atomic E-state index is -2.96. The van der Waals surface area contributed by atoms with Crippen LogP contribution in [0.3, 0.4) is 0 Å². The zero-order valence-corrected chi connectivity index (χ0v) is 11.2. The molecule has 0 atom stereocenters. The first-order valence-corrected chi connectivity index (χ1v) is 7.91. The lowest BCUT2D eigenvalue weighted by atomic mass is 10.2. The molecule has 1 aromatic rings. The zero-order valence-electron chi connectivity index (χ0n) is 10.4. The van der Waals surface area contributed by atoms with Crippen molar-refractivity contribution in [3.05, 3.63) is 35.9 Å². The normalized spacial score (nSPS) is 11.6. The SMILES string of the molecule is CCCNCCCS(=O)(=O)Cc1ccccc1. The van der Waals surface area contributed by atoms with E-state index in [4.69, 9.17) is 0 Å². The Labute approximate surface area is 104 Å². The van der Waals surface area contributed by atoms with Gasteiger partial charge in [0.15, 0.2) is 9.84 Å². The second kappa shape index (κ2) is 7.45. The molecule has 0 amide bonds. The van der Waals surface area contributed by atoms with Gasteiger partial charge in [0.25, 0.3) is 0 Å². The van der Waals surface area contributed by atoms with Crippen LogP contribution in [0.25, 0.3) is 0 Å². The van der Waals surface area contributed by atoms with Crippen molar-refractivity contribution >= 4 is 9.84 Å². The van der Waals surface area contributed by atoms with Gasteiger partial charge in [-0.25, -0.2) is 8.42 Å². The van der Waals surface area contributed by atoms with E-state index in [-0.39, 0.29) is 11.5 Å². The highest BCUT2D eigenvalue weighted by Gasteiger charge is 2.10. The summed E-state index contributed by atoms with van der Waals surface area (Å²) in [6.07, 6.45) is 1.77. The predicted molar refractivity (Wildman–Crippen MR) is 71.7 cm³/mol. The van der Waals surface area contributed by atoms with Crippen LogP contribution in [0.2, 0.25) is 0 Å². The molecule has 1 rings (SSSR count). The second-order valence-electron chi connectivity index (χ2n) is 4.18. The summed E-state index contributed by atoms with van der Waals surface area (Å²) in [7, 11) is -2.96. The van der Waals surface area contributed by atoms with Gasteiger partial charge in [0, 0.05) is 0 Å². The minimum Gasteiger partial charge on any atom is -0.317 e. The van der Waals surface area contributed by atoms with Crippen molar-refractivity contribution < 1.29 is 8.42 Å². The third-order valence-electron chi connectivity index (χ3n) is 2.47. The van der Waals surface area contributed by atoms with Gasteiger partial charge in [0.05, 0.1) is 11.5 Å². The molecule has 0 spiro atoms. The Balaban J connectivity index is 2.32. The maximum atomic E-state index is 11.8. The van der Waals surface area contributed by atoms with E-state index in [1.807, 2.05) is 30.3 Å². The molecule has 4 heteroatoms. The summed E-state index contributed by atoms with van der Waals surface area (Å²) >= 11 is 0. The number of hydrogen-bond acceptors (Lipinski definition) is 3. The van der Waals surface area contributed by atoms with Crippen LogP contribution in [0, 0.1) is 0 Å². The Hall–Kier alpha value is -0.870. The molecule has 0 aliphatic heterocycles. The van der Waals surface area contributed by atoms with Gasteiger partial charge in [-0.2, -0.15) is 0 Å². The molecular formula is C13H21NO2S. The molecule has 0 aliphatic carbocycles. The van der Waals surface area contributed by atoms with Crippen LogP contribution >= 0.6 is 0 Å². The number of benzene rings is 1. The molecule has 0 heterocycles. The molecule has 0 radical (unpaired) electrons. The number of sulfone groups is 1. The van der Waals surface area contributed by atoms with Gasteiger partial charge in [-0.1, -0.05) is 37.3 Å². The van der Waals surface area contributed by atoms with Gasteiger partial charge < -0.3 is 5.32 Å². The van der Waals surface area contributed by atoms with Crippen molar-refractivity contribution in [3.63, 3.8) is 0 Å². The fraction of sp³-hybridized carbons (Fsp3) is 0.538. The lowest BCUT2D eigenvalue weighted by Gasteiger charge is -2.05. The summed E-state index contributed by atoms with van der Waals surface area (Å²) < 4.78 is 23.6. The lowest BCUT2D eigenvalue weighted by molar-refractivity contribution is 0.587. The zero-order chi connectivity index (χ0) is 12.6. The molecule has 1 N–H and O–H groups in total. The van der Waals surface area contributed by atoms with E-state index in [1.165, 1.54) is 0 Å². The molecule has 0 bridgehead atoms. The van der Waals surface area contributed by atoms with Crippen LogP contribution in [0.15, 0.2) is 30.3 Å². The average molecular weight is 255 g/mol. The van der Waals surface area contributed by atoms with Crippen molar-refractivity contribution in [2.24, 2.45) is 0 Å². The van der Waals surface area contributed by atoms with Crippen LogP contribution in [-0.2, 0) is 15.6 Å². The second-order valence-corrected chi connectivity index (χ2v) is 6.37. The number of rotatable bonds is 8. The first-order chi connectivity index (χ1) is 8.14. The predicted octanol–water partition coefficient (Wildman–Crippen LogP) is 1.99. The molecule has 0 saturated carbocycles. The number of hydrogen-bond donors (Lipinski definition) is 1. The van der Waals surface area contributed by atoms with Gasteiger partial charge in [-0.05, 0) is 31.5 Å². The smallest absolute Gasteiger partial charge is 0.154 e. The molecule has 3 nitrogen and oxygen atoms in total. The summed E-state index contributed by atoms with van der Waals surface area (Å²) in [6, 6.07) is 9.34. The summed E-state index contributed by atoms with van der Waals surface area (Å²) in [5, 5.41) is 3.21. The van der Waals surface area contributed by atoms with Crippen LogP contribution in [0.1, 0.15) is 25.3 Å². The van der Waals surface area contributed by atoms with E-state index >= 15 is 0 Å². The summed E-state index contributed by atoms with van der Waals surface area (Å²) in [5.41, 5.74) is 0.869. The number of nitrogens with one attached hydrogen (secondary N) is 1. The molecule has 1 aromatic carbocycles. The van der Waals surface area contributed by atoms with E-state index in [9.17, 15) is 8.42 Å². The third-order valence-corrected chi connectivity index (χ3v) is 4.15. The fourth-order valence-corrected chi connectivity index (χ4v) is 3.05. The highest BCUT2D eigenvalue weighted by molar-refractivity contribution is 7.90. The van der Waals surface area contributed by atoms with Gasteiger partial charge in [-0.15, -0.1) is 0 Å². The van der Waals surface area contributed by atoms with Crippen molar-refractivity contribution in [3.8, 4) is 0 Å². The summed E-state index contributed by atoms with van der Waals surface area (Å²) in [6.45, 7) is 3.83. The van der Waals surface area contributed by atoms with Gasteiger partial charge in [0.2, 0.25) is 0 Å². The van der Waals surface area contributed by atoms with Crippen LogP contribution in [-0.4, -0.2) is 27.3 Å². The molecule has 0 fully saturated rings. The molecule has 17 heavy (non-hydrogen) atoms. The van der Waals surface area contributed by atoms with E-state index in [1.54, 1.807) is 0 Å². The topological polar surface area (TPSA) is 46.2 Å². The van der Waals surface area contributed by atoms with E-state index in [0.717, 1.165) is 25.1 Å². The average Bonchev–Trinajstić information content (AvgIpc) is 2.29. The maximum Gasteiger partial charge on any atom is 0.154 e. The van der Waals surface area contributed by atoms with Crippen molar-refractivity contribution in [1.29, 1.82) is 0 Å². The van der Waals surface area contributed by atoms with E-state index < -0.39 is 9.84 Å². The minimum absolute atomic E-state index is 0.154. The molecule has 0 unspecified atom stereocenters. The fourth-order valence-electron chi connectivity index (χ4n) is 1.62. The highest BCUT2D eigenvalue weighted by atomic mass is 32.2. The first-order valence-electron chi connectivity index (χ1n) is 6.09. The molecule has 0 saturated heterocycles. The van der Waals surface area contributed by atoms with Crippen molar-refractivity contribution in [2.45, 2.75) is 25.5 Å². The highest BCUT2D eigenvalue weighted by Crippen LogP contribution is 2.06. The Bertz CT molecular complexity index is 401. The van der Waals surface area contributed by atoms with Crippen LogP contribution < -0.4 is 5.32 Å². The van der Waals surface area contributed by atoms with Gasteiger partial charge in [0.1, 0.15) is 0 Å². The Kier molecular flexibility index (Phi) is 6.22. The summed E-state index contributed by atoms with van der Waals surface area (Å²) in [4.78, 5) is 0. The lowest BCUT2D eigenvalue weighted by Crippen LogP contribution is -2.19. The quantitative estimate of drug-likeness (QED) is 0.723. The largest absolute Gasteiger partial charge is 0.317 e. The standard InChI is InChI=1S/C13H21NO2S/c1-2-9-14-10-6-11-17(15,16)12-13-7-4-3-5-8-13/h3-5,7-8,14H,2,6,9-12H2,1H3. The third kappa shape index (κ3) is 6.44. The first kappa shape index (κ1) is 14.2. The Morgan fingerprint density at radius 3 is 2.47 bits per heavy atom. The Morgan fingerprint density at radius 1 is 1.12 bits per heavy atom. The van der Waals surface area contributed by atoms with E-state index in [2.05, 4.69) is 12.2 Å². The van der Waals surface area contributed by atoms with Gasteiger partial charge >= 0.3 is 0 Å². The Morgan fingerprint density at radius 2 is 1.82 bits per heavy atom. The molecule has 96 valence electrons. The molecular weight excluding hydrogens is 234 g/mol. The van der Waals surface area contributed by atoms with Crippen LogP contribution in [0.5, 0.6) is 0 Å². The molecule has 0 aliphatic rings. The maximum absolute atomic E-state index is 11.8. The van der Waals surface area contributed by atoms with Gasteiger partial charge in [-0.3, -0.25) is 0 Å². The van der Waals surface area contributed by atoms with Crippen molar-refractivity contribution in [1.82, 2.24) is 5.32 Å².